The molecule has 540 valence electrons. The number of nitrogens with zero attached hydrogens (tertiary/aromatic N) is 4. The minimum atomic E-state index is -1.39. The SMILES string of the molecule is COC(=O)CSC(C)(C)C(NC(=O)C(C)N(C)C(=O)OC(C)(C)C)C(=O)N1Cc2cc(NC(=O)c3ccc(C(=O)NC4CC(C(=O)NC5CCCc6ccccc65)N(C(=O)C(NC(=O)C(C)N(C)C(=O)OC(C)(C)C)C(C)(C)C)C4)cc3)ccc2CC1C(=O)NC1CCCc2ccccc21. The van der Waals surface area contributed by atoms with Crippen molar-refractivity contribution in [3.63, 3.8) is 0 Å². The Kier molecular flexibility index (Phi) is 24.3. The van der Waals surface area contributed by atoms with Gasteiger partial charge in [-0.1, -0.05) is 75.4 Å². The van der Waals surface area contributed by atoms with Crippen LogP contribution >= 0.6 is 11.8 Å². The molecular weight excluding hydrogens is 1300 g/mol. The molecule has 0 saturated carbocycles. The first-order chi connectivity index (χ1) is 46.8. The monoisotopic (exact) mass is 1400 g/mol. The van der Waals surface area contributed by atoms with Crippen molar-refractivity contribution in [2.75, 3.05) is 38.8 Å². The van der Waals surface area contributed by atoms with E-state index < -0.39 is 129 Å². The quantitative estimate of drug-likeness (QED) is 0.0357. The van der Waals surface area contributed by atoms with Crippen LogP contribution in [0, 0.1) is 5.41 Å². The van der Waals surface area contributed by atoms with E-state index in [2.05, 4.69) is 31.9 Å². The number of likely N-dealkylation sites (tertiary alicyclic amines) is 1. The standard InChI is InChI=1S/C75H100N10O14S/c1-43(82(14)70(95)98-73(6,7)8)62(87)80-60(72(3,4)5)68(93)85-41-52(39-58(85)67(92)79-56-30-22-26-46-24-18-20-28-54(46)56)77-65(90)48-33-31-47(32-34-48)64(89)76-51-36-35-49-38-57(66(91)78-55-29-21-25-45-23-17-19-27-53(45)55)84(40-50(49)37-51)69(94)61(75(12,13)100-42-59(86)97-16)81-63(88)44(2)83(15)71(96)99-74(9,10)11/h17-20,23-24,27-28,31-37,43-44,52,55-58,60-61H,21-22,25-26,29-30,38-42H2,1-16H3,(H,76,89)(H,77,90)(H,78,91)(H,79,92)(H,80,87)(H,81,88). The zero-order valence-corrected chi connectivity index (χ0v) is 61.4. The number of thioether (sulfide) groups is 1. The number of amides is 10. The average molecular weight is 1400 g/mol. The van der Waals surface area contributed by atoms with Crippen LogP contribution in [0.4, 0.5) is 15.3 Å². The highest BCUT2D eigenvalue weighted by molar-refractivity contribution is 8.01. The second kappa shape index (κ2) is 31.7. The van der Waals surface area contributed by atoms with Crippen molar-refractivity contribution >= 4 is 82.9 Å². The predicted octanol–water partition coefficient (Wildman–Crippen LogP) is 8.49. The molecule has 100 heavy (non-hydrogen) atoms. The van der Waals surface area contributed by atoms with Crippen molar-refractivity contribution in [2.24, 2.45) is 5.41 Å². The molecule has 4 aliphatic rings. The number of rotatable bonds is 20. The number of anilines is 1. The molecule has 1 saturated heterocycles. The minimum absolute atomic E-state index is 0.0382. The second-order valence-corrected chi connectivity index (χ2v) is 31.8. The van der Waals surface area contributed by atoms with Gasteiger partial charge in [-0.15, -0.1) is 11.8 Å². The van der Waals surface area contributed by atoms with Gasteiger partial charge in [0.05, 0.1) is 24.9 Å². The lowest BCUT2D eigenvalue weighted by Gasteiger charge is -2.42. The van der Waals surface area contributed by atoms with E-state index in [1.807, 2.05) is 48.5 Å². The van der Waals surface area contributed by atoms with Gasteiger partial charge in [0.15, 0.2) is 0 Å². The number of ether oxygens (including phenoxy) is 3. The third kappa shape index (κ3) is 19.1. The lowest BCUT2D eigenvalue weighted by atomic mass is 9.85. The topological polar surface area (TPSA) is 301 Å². The molecule has 2 aliphatic heterocycles. The van der Waals surface area contributed by atoms with Gasteiger partial charge in [0.25, 0.3) is 11.8 Å². The van der Waals surface area contributed by atoms with E-state index >= 15 is 9.59 Å². The Labute approximate surface area is 591 Å². The van der Waals surface area contributed by atoms with Crippen LogP contribution in [0.15, 0.2) is 91.0 Å². The van der Waals surface area contributed by atoms with Gasteiger partial charge in [-0.05, 0) is 189 Å². The molecule has 2 heterocycles. The molecule has 4 aromatic carbocycles. The summed E-state index contributed by atoms with van der Waals surface area (Å²) in [7, 11) is 4.08. The molecule has 2 aliphatic carbocycles. The molecule has 0 aromatic heterocycles. The van der Waals surface area contributed by atoms with E-state index in [4.69, 9.17) is 14.2 Å². The van der Waals surface area contributed by atoms with Gasteiger partial charge < -0.3 is 55.9 Å². The Bertz CT molecular complexity index is 3750. The van der Waals surface area contributed by atoms with E-state index in [1.54, 1.807) is 94.4 Å². The highest BCUT2D eigenvalue weighted by Gasteiger charge is 2.49. The molecule has 10 amide bonds. The molecule has 25 heteroatoms. The average Bonchev–Trinajstić information content (AvgIpc) is 1.58. The van der Waals surface area contributed by atoms with Gasteiger partial charge >= 0.3 is 18.2 Å². The predicted molar refractivity (Wildman–Crippen MR) is 380 cm³/mol. The maximum absolute atomic E-state index is 15.6. The van der Waals surface area contributed by atoms with Crippen LogP contribution in [0.3, 0.4) is 0 Å². The molecule has 8 rings (SSSR count). The molecule has 9 atom stereocenters. The summed E-state index contributed by atoms with van der Waals surface area (Å²) in [6.07, 6.45) is 3.32. The van der Waals surface area contributed by atoms with Crippen molar-refractivity contribution in [1.82, 2.24) is 46.2 Å². The summed E-state index contributed by atoms with van der Waals surface area (Å²) in [5.74, 6) is -5.19. The molecule has 1 fully saturated rings. The molecule has 0 bridgehead atoms. The van der Waals surface area contributed by atoms with Gasteiger partial charge in [0.1, 0.15) is 47.5 Å². The van der Waals surface area contributed by atoms with Crippen molar-refractivity contribution in [1.29, 1.82) is 0 Å². The second-order valence-electron chi connectivity index (χ2n) is 30.2. The van der Waals surface area contributed by atoms with Crippen LogP contribution in [0.1, 0.15) is 188 Å². The zero-order chi connectivity index (χ0) is 73.5. The number of likely N-dealkylation sites (N-methyl/N-ethyl adjacent to an activating group) is 2. The number of methoxy groups -OCH3 is 1. The highest BCUT2D eigenvalue weighted by atomic mass is 32.2. The Morgan fingerprint density at radius 2 is 1.05 bits per heavy atom. The molecule has 4 aromatic rings. The van der Waals surface area contributed by atoms with Crippen molar-refractivity contribution in [3.8, 4) is 0 Å². The summed E-state index contributed by atoms with van der Waals surface area (Å²) in [5.41, 5.74) is 3.65. The van der Waals surface area contributed by atoms with Crippen LogP contribution in [0.2, 0.25) is 0 Å². The summed E-state index contributed by atoms with van der Waals surface area (Å²) in [6.45, 7) is 21.7. The maximum atomic E-state index is 15.6. The molecule has 24 nitrogen and oxygen atoms in total. The van der Waals surface area contributed by atoms with Gasteiger partial charge in [0.2, 0.25) is 35.4 Å². The van der Waals surface area contributed by atoms with Gasteiger partial charge in [-0.3, -0.25) is 53.0 Å². The van der Waals surface area contributed by atoms with E-state index in [-0.39, 0.29) is 54.9 Å². The Morgan fingerprint density at radius 1 is 0.570 bits per heavy atom. The number of hydrogen-bond acceptors (Lipinski definition) is 15. The fraction of sp³-hybridized carbons (Fsp3) is 0.533. The Hall–Kier alpha value is -9.00. The van der Waals surface area contributed by atoms with Crippen LogP contribution < -0.4 is 31.9 Å². The number of fused-ring (bicyclic) bond motifs is 3. The highest BCUT2D eigenvalue weighted by Crippen LogP contribution is 2.37. The van der Waals surface area contributed by atoms with E-state index in [9.17, 15) is 43.2 Å². The van der Waals surface area contributed by atoms with Crippen LogP contribution in [0.5, 0.6) is 0 Å². The number of nitrogens with one attached hydrogen (secondary N) is 6. The summed E-state index contributed by atoms with van der Waals surface area (Å²) >= 11 is 1.07. The lowest BCUT2D eigenvalue weighted by molar-refractivity contribution is -0.146. The molecule has 9 unspecified atom stereocenters. The third-order valence-corrected chi connectivity index (χ3v) is 20.2. The van der Waals surface area contributed by atoms with Crippen molar-refractivity contribution < 1.29 is 67.0 Å². The minimum Gasteiger partial charge on any atom is -0.468 e. The van der Waals surface area contributed by atoms with Gasteiger partial charge in [-0.25, -0.2) is 9.59 Å². The van der Waals surface area contributed by atoms with Crippen LogP contribution in [-0.4, -0.2) is 177 Å². The van der Waals surface area contributed by atoms with E-state index in [1.165, 1.54) is 69.1 Å². The first-order valence-corrected chi connectivity index (χ1v) is 35.3. The first kappa shape index (κ1) is 76.7. The largest absolute Gasteiger partial charge is 0.468 e. The number of benzene rings is 4. The van der Waals surface area contributed by atoms with E-state index in [0.717, 1.165) is 75.1 Å². The summed E-state index contributed by atoms with van der Waals surface area (Å²) in [6, 6.07) is 18.6. The molecule has 0 radical (unpaired) electrons. The summed E-state index contributed by atoms with van der Waals surface area (Å²) in [4.78, 5) is 161. The number of carbonyl (C=O) groups is 11. The maximum Gasteiger partial charge on any atom is 0.410 e. The normalized spacial score (nSPS) is 19.4. The van der Waals surface area contributed by atoms with Crippen LogP contribution in [-0.2, 0) is 73.6 Å². The molecule has 0 spiro atoms. The zero-order valence-electron chi connectivity index (χ0n) is 60.5. The fourth-order valence-electron chi connectivity index (χ4n) is 12.9. The number of esters is 1. The van der Waals surface area contributed by atoms with Crippen molar-refractivity contribution in [3.05, 3.63) is 136 Å². The fourth-order valence-corrected chi connectivity index (χ4v) is 13.8. The Morgan fingerprint density at radius 3 is 1.55 bits per heavy atom. The summed E-state index contributed by atoms with van der Waals surface area (Å²) < 4.78 is 14.8. The molecular formula is C75H100N10O14S. The summed E-state index contributed by atoms with van der Waals surface area (Å²) in [5, 5.41) is 18.2. The third-order valence-electron chi connectivity index (χ3n) is 18.9. The number of aryl methyl sites for hydroxylation is 2. The van der Waals surface area contributed by atoms with Crippen LogP contribution in [0.25, 0.3) is 0 Å². The van der Waals surface area contributed by atoms with Gasteiger partial charge in [-0.2, -0.15) is 0 Å². The molecule has 6 N–H and O–H groups in total. The van der Waals surface area contributed by atoms with E-state index in [0.29, 0.717) is 24.1 Å². The first-order valence-electron chi connectivity index (χ1n) is 34.3. The number of hydrogen-bond donors (Lipinski definition) is 6. The Balaban J connectivity index is 1.01. The lowest BCUT2D eigenvalue weighted by Crippen LogP contribution is -2.64. The van der Waals surface area contributed by atoms with Gasteiger partial charge in [0, 0.05) is 61.2 Å². The number of carbonyl (C=O) groups excluding carboxylic acids is 11. The smallest absolute Gasteiger partial charge is 0.410 e. The van der Waals surface area contributed by atoms with Crippen molar-refractivity contribution in [2.45, 2.75) is 218 Å².